The van der Waals surface area contributed by atoms with Crippen molar-refractivity contribution < 1.29 is 13.2 Å². The molecule has 3 aromatic rings. The molecule has 10 heteroatoms. The summed E-state index contributed by atoms with van der Waals surface area (Å²) in [4.78, 5) is 22.7. The van der Waals surface area contributed by atoms with Gasteiger partial charge in [-0.25, -0.2) is 13.4 Å². The summed E-state index contributed by atoms with van der Waals surface area (Å²) in [6.45, 7) is 12.5. The summed E-state index contributed by atoms with van der Waals surface area (Å²) in [6.07, 6.45) is 1.92. The van der Waals surface area contributed by atoms with Crippen molar-refractivity contribution in [1.82, 2.24) is 14.2 Å². The SMILES string of the molecule is CCN(CC)CCN(C(=O)c1ccc(S(=O)(=O)N2CCCC(C)C2)cc1)c1nc2ccc(C)cc2s1.Cl. The first-order chi connectivity index (χ1) is 17.2. The first kappa shape index (κ1) is 29.5. The van der Waals surface area contributed by atoms with Crippen LogP contribution in [0.3, 0.4) is 0 Å². The summed E-state index contributed by atoms with van der Waals surface area (Å²) < 4.78 is 28.9. The molecule has 1 aromatic heterocycles. The number of hydrogen-bond donors (Lipinski definition) is 0. The number of piperidine rings is 1. The first-order valence-corrected chi connectivity index (χ1v) is 15.0. The van der Waals surface area contributed by atoms with E-state index in [1.54, 1.807) is 33.5 Å². The van der Waals surface area contributed by atoms with Crippen LogP contribution in [0.1, 0.15) is 49.5 Å². The number of benzene rings is 2. The largest absolute Gasteiger partial charge is 0.302 e. The number of hydrogen-bond acceptors (Lipinski definition) is 6. The fourth-order valence-corrected chi connectivity index (χ4v) is 7.33. The van der Waals surface area contributed by atoms with Crippen molar-refractivity contribution in [1.29, 1.82) is 0 Å². The summed E-state index contributed by atoms with van der Waals surface area (Å²) in [7, 11) is -3.57. The van der Waals surface area contributed by atoms with Crippen molar-refractivity contribution in [2.75, 3.05) is 44.2 Å². The van der Waals surface area contributed by atoms with Gasteiger partial charge in [0.25, 0.3) is 5.91 Å². The number of fused-ring (bicyclic) bond motifs is 1. The van der Waals surface area contributed by atoms with Crippen LogP contribution in [0.4, 0.5) is 5.13 Å². The predicted octanol–water partition coefficient (Wildman–Crippen LogP) is 5.44. The number of anilines is 1. The van der Waals surface area contributed by atoms with Gasteiger partial charge in [0.05, 0.1) is 15.1 Å². The highest BCUT2D eigenvalue weighted by Gasteiger charge is 2.29. The Morgan fingerprint density at radius 1 is 1.11 bits per heavy atom. The Morgan fingerprint density at radius 3 is 2.46 bits per heavy atom. The van der Waals surface area contributed by atoms with Gasteiger partial charge in [-0.3, -0.25) is 9.69 Å². The van der Waals surface area contributed by atoms with Crippen LogP contribution in [0, 0.1) is 12.8 Å². The van der Waals surface area contributed by atoms with E-state index in [0.717, 1.165) is 48.3 Å². The Balaban J connectivity index is 0.00000380. The minimum absolute atomic E-state index is 0. The highest BCUT2D eigenvalue weighted by atomic mass is 35.5. The molecule has 1 amide bonds. The second-order valence-electron chi connectivity index (χ2n) is 9.59. The van der Waals surface area contributed by atoms with Crippen molar-refractivity contribution in [3.63, 3.8) is 0 Å². The highest BCUT2D eigenvalue weighted by Crippen LogP contribution is 2.31. The van der Waals surface area contributed by atoms with Gasteiger partial charge in [-0.2, -0.15) is 4.31 Å². The molecule has 1 atom stereocenters. The molecule has 202 valence electrons. The van der Waals surface area contributed by atoms with Crippen molar-refractivity contribution in [3.05, 3.63) is 53.6 Å². The quantitative estimate of drug-likeness (QED) is 0.346. The normalized spacial score (nSPS) is 16.6. The number of thiazole rings is 1. The summed E-state index contributed by atoms with van der Waals surface area (Å²) in [5.41, 5.74) is 2.48. The zero-order valence-corrected chi connectivity index (χ0v) is 24.5. The molecule has 2 aromatic carbocycles. The van der Waals surface area contributed by atoms with E-state index >= 15 is 0 Å². The molecular formula is C27H37ClN4O3S2. The van der Waals surface area contributed by atoms with Crippen LogP contribution >= 0.6 is 23.7 Å². The third kappa shape index (κ3) is 6.70. The van der Waals surface area contributed by atoms with E-state index in [9.17, 15) is 13.2 Å². The van der Waals surface area contributed by atoms with Crippen molar-refractivity contribution in [2.24, 2.45) is 5.92 Å². The van der Waals surface area contributed by atoms with Gasteiger partial charge in [0, 0.05) is 31.7 Å². The van der Waals surface area contributed by atoms with E-state index in [1.807, 2.05) is 19.1 Å². The third-order valence-electron chi connectivity index (χ3n) is 6.90. The topological polar surface area (TPSA) is 73.8 Å². The number of carbonyl (C=O) groups excluding carboxylic acids is 1. The fourth-order valence-electron chi connectivity index (χ4n) is 4.64. The van der Waals surface area contributed by atoms with Gasteiger partial charge in [0.1, 0.15) is 0 Å². The van der Waals surface area contributed by atoms with E-state index in [1.165, 1.54) is 11.3 Å². The lowest BCUT2D eigenvalue weighted by Gasteiger charge is -2.30. The zero-order valence-electron chi connectivity index (χ0n) is 22.0. The molecule has 1 aliphatic rings. The Bertz CT molecular complexity index is 1310. The van der Waals surface area contributed by atoms with Gasteiger partial charge in [0.2, 0.25) is 10.0 Å². The molecule has 1 fully saturated rings. The van der Waals surface area contributed by atoms with Gasteiger partial charge in [-0.05, 0) is 80.7 Å². The van der Waals surface area contributed by atoms with Crippen LogP contribution in [0.15, 0.2) is 47.4 Å². The first-order valence-electron chi connectivity index (χ1n) is 12.7. The zero-order chi connectivity index (χ0) is 25.9. The van der Waals surface area contributed by atoms with Gasteiger partial charge < -0.3 is 4.90 Å². The maximum atomic E-state index is 13.7. The van der Waals surface area contributed by atoms with E-state index in [2.05, 4.69) is 31.7 Å². The van der Waals surface area contributed by atoms with Gasteiger partial charge in [-0.15, -0.1) is 12.4 Å². The van der Waals surface area contributed by atoms with Gasteiger partial charge in [0.15, 0.2) is 5.13 Å². The molecule has 37 heavy (non-hydrogen) atoms. The average molecular weight is 565 g/mol. The van der Waals surface area contributed by atoms with Crippen LogP contribution in [-0.2, 0) is 10.0 Å². The molecule has 0 radical (unpaired) electrons. The Hall–Kier alpha value is -2.04. The molecule has 0 bridgehead atoms. The molecule has 1 saturated heterocycles. The molecule has 1 unspecified atom stereocenters. The summed E-state index contributed by atoms with van der Waals surface area (Å²) >= 11 is 1.51. The van der Waals surface area contributed by atoms with Crippen LogP contribution in [-0.4, -0.2) is 67.8 Å². The average Bonchev–Trinajstić information content (AvgIpc) is 3.29. The molecule has 1 aliphatic heterocycles. The molecule has 4 rings (SSSR count). The highest BCUT2D eigenvalue weighted by molar-refractivity contribution is 7.89. The standard InChI is InChI=1S/C27H36N4O3S2.ClH/c1-5-29(6-2)16-17-31(27-28-24-14-9-20(3)18-25(24)35-27)26(32)22-10-12-23(13-11-22)36(33,34)30-15-7-8-21(4)19-30;/h9-14,18,21H,5-8,15-17,19H2,1-4H3;1H. The number of rotatable bonds is 9. The maximum absolute atomic E-state index is 13.7. The number of aromatic nitrogens is 1. The van der Waals surface area contributed by atoms with Crippen LogP contribution in [0.5, 0.6) is 0 Å². The predicted molar refractivity (Wildman–Crippen MR) is 155 cm³/mol. The Kier molecular flexibility index (Phi) is 10.1. The van der Waals surface area contributed by atoms with Crippen LogP contribution in [0.25, 0.3) is 10.2 Å². The molecular weight excluding hydrogens is 528 g/mol. The maximum Gasteiger partial charge on any atom is 0.260 e. The number of likely N-dealkylation sites (N-methyl/N-ethyl adjacent to an activating group) is 1. The lowest BCUT2D eigenvalue weighted by Crippen LogP contribution is -2.39. The third-order valence-corrected chi connectivity index (χ3v) is 9.82. The lowest BCUT2D eigenvalue weighted by molar-refractivity contribution is 0.0983. The van der Waals surface area contributed by atoms with Crippen LogP contribution in [0.2, 0.25) is 0 Å². The van der Waals surface area contributed by atoms with Crippen molar-refractivity contribution >= 4 is 55.0 Å². The molecule has 7 nitrogen and oxygen atoms in total. The minimum Gasteiger partial charge on any atom is -0.302 e. The lowest BCUT2D eigenvalue weighted by atomic mass is 10.0. The fraction of sp³-hybridized carbons (Fsp3) is 0.481. The summed E-state index contributed by atoms with van der Waals surface area (Å²) in [5, 5.41) is 0.659. The van der Waals surface area contributed by atoms with Crippen molar-refractivity contribution in [3.8, 4) is 0 Å². The van der Waals surface area contributed by atoms with Gasteiger partial charge in [-0.1, -0.05) is 38.2 Å². The molecule has 0 saturated carbocycles. The number of carbonyl (C=O) groups is 1. The Labute approximate surface area is 230 Å². The monoisotopic (exact) mass is 564 g/mol. The smallest absolute Gasteiger partial charge is 0.260 e. The number of aryl methyl sites for hydroxylation is 1. The second kappa shape index (κ2) is 12.7. The second-order valence-corrected chi connectivity index (χ2v) is 12.5. The summed E-state index contributed by atoms with van der Waals surface area (Å²) in [6, 6.07) is 12.5. The number of nitrogens with zero attached hydrogens (tertiary/aromatic N) is 4. The van der Waals surface area contributed by atoms with E-state index in [0.29, 0.717) is 36.2 Å². The number of halogens is 1. The van der Waals surface area contributed by atoms with Crippen LogP contribution < -0.4 is 4.90 Å². The molecule has 2 heterocycles. The molecule has 0 spiro atoms. The van der Waals surface area contributed by atoms with E-state index in [4.69, 9.17) is 4.98 Å². The van der Waals surface area contributed by atoms with Gasteiger partial charge >= 0.3 is 0 Å². The molecule has 0 aliphatic carbocycles. The van der Waals surface area contributed by atoms with E-state index in [-0.39, 0.29) is 23.2 Å². The Morgan fingerprint density at radius 2 is 1.81 bits per heavy atom. The summed E-state index contributed by atoms with van der Waals surface area (Å²) in [5.74, 6) is 0.180. The minimum atomic E-state index is -3.57. The number of amides is 1. The number of sulfonamides is 1. The van der Waals surface area contributed by atoms with Crippen molar-refractivity contribution in [2.45, 2.75) is 45.4 Å². The van der Waals surface area contributed by atoms with E-state index < -0.39 is 10.0 Å². The molecule has 0 N–H and O–H groups in total.